The lowest BCUT2D eigenvalue weighted by Crippen LogP contribution is -2.28. The van der Waals surface area contributed by atoms with E-state index in [1.165, 1.54) is 127 Å². The Labute approximate surface area is 436 Å². The van der Waals surface area contributed by atoms with Crippen molar-refractivity contribution in [1.82, 2.24) is 9.13 Å². The fourth-order valence-corrected chi connectivity index (χ4v) is 12.7. The normalized spacial score (nSPS) is 12.6. The average molecular weight is 953 g/mol. The van der Waals surface area contributed by atoms with Gasteiger partial charge >= 0.3 is 0 Å². The van der Waals surface area contributed by atoms with Gasteiger partial charge in [-0.15, -0.1) is 0 Å². The Kier molecular flexibility index (Phi) is 9.83. The summed E-state index contributed by atoms with van der Waals surface area (Å²) in [5, 5.41) is 4.98. The van der Waals surface area contributed by atoms with E-state index in [0.717, 1.165) is 5.69 Å². The second kappa shape index (κ2) is 17.2. The quantitative estimate of drug-likeness (QED) is 0.144. The van der Waals surface area contributed by atoms with Crippen LogP contribution in [0.4, 0.5) is 0 Å². The van der Waals surface area contributed by atoms with Crippen molar-refractivity contribution in [3.63, 3.8) is 0 Å². The van der Waals surface area contributed by atoms with Crippen molar-refractivity contribution in [3.8, 4) is 67.0 Å². The minimum Gasteiger partial charge on any atom is -0.309 e. The summed E-state index contributed by atoms with van der Waals surface area (Å²) in [7, 11) is 0. The number of benzene rings is 12. The van der Waals surface area contributed by atoms with Crippen molar-refractivity contribution in [2.24, 2.45) is 0 Å². The molecule has 1 aliphatic carbocycles. The minimum absolute atomic E-state index is 0.442. The van der Waals surface area contributed by atoms with Crippen LogP contribution >= 0.6 is 0 Å². The van der Waals surface area contributed by atoms with Gasteiger partial charge in [-0.1, -0.05) is 224 Å². The number of para-hydroxylation sites is 3. The highest BCUT2D eigenvalue weighted by Gasteiger charge is 2.45. The molecule has 2 heterocycles. The van der Waals surface area contributed by atoms with Crippen LogP contribution in [-0.4, -0.2) is 9.13 Å². The van der Waals surface area contributed by atoms with Gasteiger partial charge in [0.2, 0.25) is 0 Å². The van der Waals surface area contributed by atoms with Crippen molar-refractivity contribution in [3.05, 3.63) is 313 Å². The molecule has 0 spiro atoms. The molecule has 1 aliphatic rings. The lowest BCUT2D eigenvalue weighted by Gasteiger charge is -2.34. The number of rotatable bonds is 8. The Morgan fingerprint density at radius 1 is 0.213 bits per heavy atom. The van der Waals surface area contributed by atoms with Crippen LogP contribution < -0.4 is 0 Å². The zero-order chi connectivity index (χ0) is 49.5. The van der Waals surface area contributed by atoms with E-state index in [1.807, 2.05) is 0 Å². The van der Waals surface area contributed by atoms with E-state index < -0.39 is 5.41 Å². The highest BCUT2D eigenvalue weighted by molar-refractivity contribution is 6.13. The maximum atomic E-state index is 2.44. The van der Waals surface area contributed by atoms with Gasteiger partial charge in [0.1, 0.15) is 0 Å². The molecule has 0 saturated heterocycles. The van der Waals surface area contributed by atoms with Crippen molar-refractivity contribution < 1.29 is 0 Å². The second-order valence-electron chi connectivity index (χ2n) is 20.0. The fourth-order valence-electron chi connectivity index (χ4n) is 12.7. The molecule has 0 fully saturated rings. The summed E-state index contributed by atoms with van der Waals surface area (Å²) in [4.78, 5) is 0. The fraction of sp³-hybridized carbons (Fsp3) is 0.0137. The van der Waals surface area contributed by atoms with Gasteiger partial charge in [-0.3, -0.25) is 0 Å². The largest absolute Gasteiger partial charge is 0.309 e. The van der Waals surface area contributed by atoms with Crippen molar-refractivity contribution in [2.45, 2.75) is 5.41 Å². The molecule has 75 heavy (non-hydrogen) atoms. The summed E-state index contributed by atoms with van der Waals surface area (Å²) < 4.78 is 4.81. The van der Waals surface area contributed by atoms with Crippen LogP contribution in [0.15, 0.2) is 291 Å². The van der Waals surface area contributed by atoms with E-state index in [1.54, 1.807) is 0 Å². The summed E-state index contributed by atoms with van der Waals surface area (Å²) in [6.45, 7) is 0. The van der Waals surface area contributed by atoms with Crippen LogP contribution in [0.1, 0.15) is 22.3 Å². The number of fused-ring (bicyclic) bond motifs is 9. The molecule has 12 aromatic carbocycles. The maximum absolute atomic E-state index is 2.44. The predicted molar refractivity (Wildman–Crippen MR) is 314 cm³/mol. The number of aromatic nitrogens is 2. The first kappa shape index (κ1) is 42.9. The molecule has 0 saturated carbocycles. The third-order valence-corrected chi connectivity index (χ3v) is 16.0. The average Bonchev–Trinajstić information content (AvgIpc) is 4.20. The highest BCUT2D eigenvalue weighted by atomic mass is 15.0. The molecular weight excluding hydrogens is 905 g/mol. The molecule has 0 amide bonds. The lowest BCUT2D eigenvalue weighted by molar-refractivity contribution is 0.769. The van der Waals surface area contributed by atoms with Gasteiger partial charge in [0.25, 0.3) is 0 Å². The molecule has 14 aromatic rings. The van der Waals surface area contributed by atoms with E-state index in [0.29, 0.717) is 0 Å². The summed E-state index contributed by atoms with van der Waals surface area (Å²) in [5.41, 5.74) is 24.0. The molecule has 0 N–H and O–H groups in total. The van der Waals surface area contributed by atoms with Crippen LogP contribution in [0.3, 0.4) is 0 Å². The van der Waals surface area contributed by atoms with E-state index in [2.05, 4.69) is 300 Å². The molecule has 0 bridgehead atoms. The van der Waals surface area contributed by atoms with E-state index in [-0.39, 0.29) is 0 Å². The number of hydrogen-bond donors (Lipinski definition) is 0. The Bertz CT molecular complexity index is 4470. The van der Waals surface area contributed by atoms with Gasteiger partial charge < -0.3 is 9.13 Å². The molecule has 2 heteroatoms. The standard InChI is InChI=1S/C73H48N2/c1-3-21-55(22-4-1)73(67-33-13-9-29-61(67)62-30-10-14-34-68(62)73)56-23-17-19-51(45-56)49-37-39-50(40-38-49)59-27-7-8-28-60(59)54-20-18-26-58(46-54)75-70-36-16-12-32-64(70)66-48-53(42-44-72(66)75)52-41-43-71-65(47-52)63-31-11-15-35-69(63)74(71)57-24-5-2-6-25-57/h1-48H. The zero-order valence-corrected chi connectivity index (χ0v) is 41.1. The molecule has 350 valence electrons. The molecule has 0 radical (unpaired) electrons. The second-order valence-corrected chi connectivity index (χ2v) is 20.0. The van der Waals surface area contributed by atoms with E-state index in [9.17, 15) is 0 Å². The van der Waals surface area contributed by atoms with Crippen molar-refractivity contribution in [1.29, 1.82) is 0 Å². The van der Waals surface area contributed by atoms with Gasteiger partial charge in [0, 0.05) is 32.9 Å². The first-order chi connectivity index (χ1) is 37.2. The van der Waals surface area contributed by atoms with Crippen molar-refractivity contribution >= 4 is 43.6 Å². The van der Waals surface area contributed by atoms with Crippen LogP contribution in [0, 0.1) is 0 Å². The van der Waals surface area contributed by atoms with Crippen LogP contribution in [0.2, 0.25) is 0 Å². The molecule has 2 aromatic heterocycles. The van der Waals surface area contributed by atoms with Gasteiger partial charge in [-0.2, -0.15) is 0 Å². The number of nitrogens with zero attached hydrogens (tertiary/aromatic N) is 2. The summed E-state index contributed by atoms with van der Waals surface area (Å²) in [6, 6.07) is 107. The Hall–Kier alpha value is -9.76. The highest BCUT2D eigenvalue weighted by Crippen LogP contribution is 2.56. The maximum Gasteiger partial charge on any atom is 0.0713 e. The van der Waals surface area contributed by atoms with Crippen LogP contribution in [0.5, 0.6) is 0 Å². The number of hydrogen-bond acceptors (Lipinski definition) is 0. The molecule has 0 unspecified atom stereocenters. The third kappa shape index (κ3) is 6.66. The summed E-state index contributed by atoms with van der Waals surface area (Å²) >= 11 is 0. The molecule has 0 atom stereocenters. The first-order valence-corrected chi connectivity index (χ1v) is 26.0. The van der Waals surface area contributed by atoms with E-state index >= 15 is 0 Å². The smallest absolute Gasteiger partial charge is 0.0713 e. The lowest BCUT2D eigenvalue weighted by atomic mass is 9.67. The minimum atomic E-state index is -0.442. The van der Waals surface area contributed by atoms with Crippen LogP contribution in [-0.2, 0) is 5.41 Å². The monoisotopic (exact) mass is 952 g/mol. The summed E-state index contributed by atoms with van der Waals surface area (Å²) in [6.07, 6.45) is 0. The molecule has 15 rings (SSSR count). The molecular formula is C73H48N2. The van der Waals surface area contributed by atoms with Gasteiger partial charge in [0.15, 0.2) is 0 Å². The molecule has 0 aliphatic heterocycles. The summed E-state index contributed by atoms with van der Waals surface area (Å²) in [5.74, 6) is 0. The zero-order valence-electron chi connectivity index (χ0n) is 41.1. The third-order valence-electron chi connectivity index (χ3n) is 16.0. The topological polar surface area (TPSA) is 9.86 Å². The van der Waals surface area contributed by atoms with Crippen molar-refractivity contribution in [2.75, 3.05) is 0 Å². The first-order valence-electron chi connectivity index (χ1n) is 26.0. The SMILES string of the molecule is c1ccc(-n2c3ccccc3c3cc(-c4ccc5c(c4)c4ccccc4n5-c4cccc(-c5ccccc5-c5ccc(-c6cccc(C7(c8ccccc8)c8ccccc8-c8ccccc87)c6)cc5)c4)ccc32)cc1. The predicted octanol–water partition coefficient (Wildman–Crippen LogP) is 18.9. The van der Waals surface area contributed by atoms with E-state index in [4.69, 9.17) is 0 Å². The van der Waals surface area contributed by atoms with Crippen LogP contribution in [0.25, 0.3) is 111 Å². The Balaban J connectivity index is 0.783. The van der Waals surface area contributed by atoms with Gasteiger partial charge in [-0.25, -0.2) is 0 Å². The Morgan fingerprint density at radius 3 is 1.25 bits per heavy atom. The van der Waals surface area contributed by atoms with Gasteiger partial charge in [0.05, 0.1) is 27.5 Å². The molecule has 2 nitrogen and oxygen atoms in total. The van der Waals surface area contributed by atoms with Gasteiger partial charge in [-0.05, 0) is 145 Å². The Morgan fingerprint density at radius 2 is 0.627 bits per heavy atom.